The third-order valence-electron chi connectivity index (χ3n) is 2.64. The normalized spacial score (nSPS) is 10.5. The van der Waals surface area contributed by atoms with Gasteiger partial charge in [0.25, 0.3) is 5.91 Å². The minimum Gasteiger partial charge on any atom is -0.480 e. The van der Waals surface area contributed by atoms with E-state index in [2.05, 4.69) is 0 Å². The van der Waals surface area contributed by atoms with Crippen LogP contribution in [-0.2, 0) is 11.3 Å². The van der Waals surface area contributed by atoms with Crippen molar-refractivity contribution in [1.82, 2.24) is 4.90 Å². The minimum absolute atomic E-state index is 0.214. The van der Waals surface area contributed by atoms with E-state index < -0.39 is 5.97 Å². The summed E-state index contributed by atoms with van der Waals surface area (Å²) in [6, 6.07) is 6.92. The number of nitrogens with zero attached hydrogens (tertiary/aromatic N) is 1. The number of benzene rings is 1. The van der Waals surface area contributed by atoms with Crippen LogP contribution in [-0.4, -0.2) is 35.0 Å². The first-order valence-electron chi connectivity index (χ1n) is 6.24. The topological polar surface area (TPSA) is 83.6 Å². The maximum atomic E-state index is 12.2. The Kier molecular flexibility index (Phi) is 5.51. The van der Waals surface area contributed by atoms with Crippen molar-refractivity contribution in [1.29, 1.82) is 0 Å². The second kappa shape index (κ2) is 6.89. The molecule has 1 aromatic rings. The third-order valence-corrected chi connectivity index (χ3v) is 2.64. The number of amides is 1. The van der Waals surface area contributed by atoms with E-state index in [-0.39, 0.29) is 18.4 Å². The molecule has 0 unspecified atom stereocenters. The Morgan fingerprint density at radius 3 is 2.26 bits per heavy atom. The number of nitrogens with two attached hydrogens (primary N) is 1. The molecule has 5 nitrogen and oxygen atoms in total. The van der Waals surface area contributed by atoms with Gasteiger partial charge in [-0.3, -0.25) is 9.59 Å². The Bertz CT molecular complexity index is 441. The molecule has 104 valence electrons. The summed E-state index contributed by atoms with van der Waals surface area (Å²) in [6.07, 6.45) is 0. The summed E-state index contributed by atoms with van der Waals surface area (Å²) in [4.78, 5) is 24.4. The van der Waals surface area contributed by atoms with E-state index in [0.717, 1.165) is 5.56 Å². The zero-order valence-electron chi connectivity index (χ0n) is 11.3. The SMILES string of the molecule is CC(C)CN(CC(=O)O)C(=O)c1ccc(CN)cc1. The van der Waals surface area contributed by atoms with E-state index in [4.69, 9.17) is 10.8 Å². The zero-order chi connectivity index (χ0) is 14.4. The fourth-order valence-electron chi connectivity index (χ4n) is 1.79. The van der Waals surface area contributed by atoms with Crippen LogP contribution in [0, 0.1) is 5.92 Å². The smallest absolute Gasteiger partial charge is 0.323 e. The van der Waals surface area contributed by atoms with E-state index in [1.54, 1.807) is 24.3 Å². The van der Waals surface area contributed by atoms with Crippen LogP contribution < -0.4 is 5.73 Å². The number of carbonyl (C=O) groups is 2. The van der Waals surface area contributed by atoms with Gasteiger partial charge in [-0.2, -0.15) is 0 Å². The minimum atomic E-state index is -1.01. The van der Waals surface area contributed by atoms with Crippen molar-refractivity contribution < 1.29 is 14.7 Å². The number of carboxylic acid groups (broad SMARTS) is 1. The molecule has 1 rings (SSSR count). The van der Waals surface area contributed by atoms with Gasteiger partial charge in [-0.15, -0.1) is 0 Å². The molecule has 0 aliphatic carbocycles. The summed E-state index contributed by atoms with van der Waals surface area (Å²) >= 11 is 0. The molecule has 0 saturated heterocycles. The summed E-state index contributed by atoms with van der Waals surface area (Å²) < 4.78 is 0. The molecular formula is C14H20N2O3. The Morgan fingerprint density at radius 2 is 1.84 bits per heavy atom. The lowest BCUT2D eigenvalue weighted by Crippen LogP contribution is -2.38. The van der Waals surface area contributed by atoms with E-state index in [0.29, 0.717) is 18.7 Å². The van der Waals surface area contributed by atoms with Crippen molar-refractivity contribution in [2.24, 2.45) is 11.7 Å². The standard InChI is InChI=1S/C14H20N2O3/c1-10(2)8-16(9-13(17)18)14(19)12-5-3-11(7-15)4-6-12/h3-6,10H,7-9,15H2,1-2H3,(H,17,18). The summed E-state index contributed by atoms with van der Waals surface area (Å²) in [5.74, 6) is -1.06. The number of carbonyl (C=O) groups excluding carboxylic acids is 1. The van der Waals surface area contributed by atoms with Gasteiger partial charge in [-0.1, -0.05) is 26.0 Å². The highest BCUT2D eigenvalue weighted by Gasteiger charge is 2.19. The fourth-order valence-corrected chi connectivity index (χ4v) is 1.79. The van der Waals surface area contributed by atoms with E-state index in [1.807, 2.05) is 13.8 Å². The van der Waals surface area contributed by atoms with Crippen LogP contribution in [0.5, 0.6) is 0 Å². The Balaban J connectivity index is 2.87. The van der Waals surface area contributed by atoms with Gasteiger partial charge in [0.1, 0.15) is 6.54 Å². The average molecular weight is 264 g/mol. The highest BCUT2D eigenvalue weighted by Crippen LogP contribution is 2.09. The van der Waals surface area contributed by atoms with Crippen LogP contribution in [0.1, 0.15) is 29.8 Å². The van der Waals surface area contributed by atoms with Crippen LogP contribution in [0.25, 0.3) is 0 Å². The predicted molar refractivity (Wildman–Crippen MR) is 72.7 cm³/mol. The molecular weight excluding hydrogens is 244 g/mol. The van der Waals surface area contributed by atoms with Crippen LogP contribution in [0.2, 0.25) is 0 Å². The number of rotatable bonds is 6. The molecule has 0 aliphatic heterocycles. The summed E-state index contributed by atoms with van der Waals surface area (Å²) in [7, 11) is 0. The van der Waals surface area contributed by atoms with Crippen molar-refractivity contribution in [2.75, 3.05) is 13.1 Å². The van der Waals surface area contributed by atoms with Crippen LogP contribution in [0.4, 0.5) is 0 Å². The average Bonchev–Trinajstić information content (AvgIpc) is 2.36. The largest absolute Gasteiger partial charge is 0.480 e. The number of aliphatic carboxylic acids is 1. The van der Waals surface area contributed by atoms with Crippen LogP contribution >= 0.6 is 0 Å². The molecule has 0 atom stereocenters. The van der Waals surface area contributed by atoms with Crippen LogP contribution in [0.15, 0.2) is 24.3 Å². The molecule has 0 saturated carbocycles. The van der Waals surface area contributed by atoms with Gasteiger partial charge < -0.3 is 15.7 Å². The first kappa shape index (κ1) is 15.2. The monoisotopic (exact) mass is 264 g/mol. The van der Waals surface area contributed by atoms with Gasteiger partial charge in [-0.25, -0.2) is 0 Å². The van der Waals surface area contributed by atoms with Gasteiger partial charge in [0, 0.05) is 18.7 Å². The van der Waals surface area contributed by atoms with Crippen molar-refractivity contribution in [2.45, 2.75) is 20.4 Å². The molecule has 0 aliphatic rings. The molecule has 5 heteroatoms. The molecule has 1 amide bonds. The van der Waals surface area contributed by atoms with Crippen molar-refractivity contribution in [3.8, 4) is 0 Å². The predicted octanol–water partition coefficient (Wildman–Crippen LogP) is 1.33. The Labute approximate surface area is 113 Å². The summed E-state index contributed by atoms with van der Waals surface area (Å²) in [6.45, 7) is 4.44. The number of hydrogen-bond acceptors (Lipinski definition) is 3. The molecule has 19 heavy (non-hydrogen) atoms. The Morgan fingerprint density at radius 1 is 1.26 bits per heavy atom. The van der Waals surface area contributed by atoms with E-state index in [9.17, 15) is 9.59 Å². The van der Waals surface area contributed by atoms with E-state index >= 15 is 0 Å². The lowest BCUT2D eigenvalue weighted by molar-refractivity contribution is -0.137. The van der Waals surface area contributed by atoms with Gasteiger partial charge in [0.2, 0.25) is 0 Å². The molecule has 0 fully saturated rings. The zero-order valence-corrected chi connectivity index (χ0v) is 11.3. The van der Waals surface area contributed by atoms with Crippen molar-refractivity contribution >= 4 is 11.9 Å². The maximum absolute atomic E-state index is 12.2. The third kappa shape index (κ3) is 4.71. The molecule has 0 aromatic heterocycles. The first-order valence-corrected chi connectivity index (χ1v) is 6.24. The number of carboxylic acids is 1. The summed E-state index contributed by atoms with van der Waals surface area (Å²) in [5.41, 5.74) is 6.92. The van der Waals surface area contributed by atoms with E-state index in [1.165, 1.54) is 4.90 Å². The second-order valence-corrected chi connectivity index (χ2v) is 4.87. The fraction of sp³-hybridized carbons (Fsp3) is 0.429. The highest BCUT2D eigenvalue weighted by atomic mass is 16.4. The van der Waals surface area contributed by atoms with Gasteiger partial charge >= 0.3 is 5.97 Å². The van der Waals surface area contributed by atoms with Crippen molar-refractivity contribution in [3.63, 3.8) is 0 Å². The molecule has 3 N–H and O–H groups in total. The van der Waals surface area contributed by atoms with Gasteiger partial charge in [-0.05, 0) is 23.6 Å². The number of hydrogen-bond donors (Lipinski definition) is 2. The van der Waals surface area contributed by atoms with Crippen molar-refractivity contribution in [3.05, 3.63) is 35.4 Å². The lowest BCUT2D eigenvalue weighted by atomic mass is 10.1. The molecule has 0 spiro atoms. The molecule has 0 bridgehead atoms. The quantitative estimate of drug-likeness (QED) is 0.812. The maximum Gasteiger partial charge on any atom is 0.323 e. The first-order chi connectivity index (χ1) is 8.93. The van der Waals surface area contributed by atoms with Gasteiger partial charge in [0.15, 0.2) is 0 Å². The molecule has 0 heterocycles. The lowest BCUT2D eigenvalue weighted by Gasteiger charge is -2.22. The highest BCUT2D eigenvalue weighted by molar-refractivity contribution is 5.95. The molecule has 0 radical (unpaired) electrons. The van der Waals surface area contributed by atoms with Gasteiger partial charge in [0.05, 0.1) is 0 Å². The van der Waals surface area contributed by atoms with Crippen LogP contribution in [0.3, 0.4) is 0 Å². The second-order valence-electron chi connectivity index (χ2n) is 4.87. The Hall–Kier alpha value is -1.88. The molecule has 1 aromatic carbocycles. The summed E-state index contributed by atoms with van der Waals surface area (Å²) in [5, 5.41) is 8.86.